The van der Waals surface area contributed by atoms with Gasteiger partial charge in [-0.15, -0.1) is 0 Å². The van der Waals surface area contributed by atoms with Gasteiger partial charge in [0, 0.05) is 5.57 Å². The molecule has 0 aliphatic carbocycles. The fourth-order valence-electron chi connectivity index (χ4n) is 1.13. The number of rotatable bonds is 7. The van der Waals surface area contributed by atoms with Gasteiger partial charge in [0.1, 0.15) is 13.2 Å². The molecular formula is C14H20O5. The number of hydrogen-bond acceptors (Lipinski definition) is 5. The van der Waals surface area contributed by atoms with Gasteiger partial charge in [-0.05, 0) is 19.8 Å². The van der Waals surface area contributed by atoms with E-state index in [2.05, 4.69) is 6.58 Å². The number of esters is 2. The highest BCUT2D eigenvalue weighted by Gasteiger charge is 2.16. The molecule has 0 N–H and O–H groups in total. The Balaban J connectivity index is 4.26. The van der Waals surface area contributed by atoms with Crippen molar-refractivity contribution in [2.24, 2.45) is 5.92 Å². The number of allylic oxidation sites excluding steroid dienone is 1. The molecule has 0 fully saturated rings. The molecule has 19 heavy (non-hydrogen) atoms. The van der Waals surface area contributed by atoms with Crippen LogP contribution in [-0.4, -0.2) is 30.9 Å². The lowest BCUT2D eigenvalue weighted by molar-refractivity contribution is -0.148. The van der Waals surface area contributed by atoms with E-state index in [4.69, 9.17) is 9.47 Å². The second-order valence-electron chi connectivity index (χ2n) is 4.43. The molecule has 0 unspecified atom stereocenters. The van der Waals surface area contributed by atoms with E-state index < -0.39 is 11.9 Å². The first-order chi connectivity index (χ1) is 8.75. The lowest BCUT2D eigenvalue weighted by atomic mass is 10.1. The molecule has 0 aromatic heterocycles. The maximum absolute atomic E-state index is 11.6. The Morgan fingerprint density at radius 3 is 1.89 bits per heavy atom. The molecule has 0 saturated heterocycles. The van der Waals surface area contributed by atoms with Gasteiger partial charge >= 0.3 is 11.9 Å². The molecule has 0 spiro atoms. The molecule has 0 aromatic carbocycles. The quantitative estimate of drug-likeness (QED) is 0.231. The molecule has 0 amide bonds. The van der Waals surface area contributed by atoms with Gasteiger partial charge in [0.05, 0.1) is 5.57 Å². The number of Topliss-reactive ketones (excluding diaryl/α,β-unsaturated/α-hetero) is 1. The van der Waals surface area contributed by atoms with E-state index in [0.717, 1.165) is 0 Å². The Kier molecular flexibility index (Phi) is 7.41. The maximum atomic E-state index is 11.6. The van der Waals surface area contributed by atoms with Gasteiger partial charge in [-0.3, -0.25) is 4.79 Å². The molecule has 0 saturated carbocycles. The Hall–Kier alpha value is -1.91. The van der Waals surface area contributed by atoms with E-state index in [-0.39, 0.29) is 36.1 Å². The zero-order valence-electron chi connectivity index (χ0n) is 11.8. The zero-order valence-corrected chi connectivity index (χ0v) is 11.8. The Labute approximate surface area is 113 Å². The molecule has 5 nitrogen and oxygen atoms in total. The average Bonchev–Trinajstić information content (AvgIpc) is 2.30. The summed E-state index contributed by atoms with van der Waals surface area (Å²) < 4.78 is 9.62. The normalized spacial score (nSPS) is 11.1. The van der Waals surface area contributed by atoms with Gasteiger partial charge in [-0.2, -0.15) is 0 Å². The third-order valence-corrected chi connectivity index (χ3v) is 2.00. The summed E-state index contributed by atoms with van der Waals surface area (Å²) in [5, 5.41) is 0. The molecule has 0 aliphatic heterocycles. The summed E-state index contributed by atoms with van der Waals surface area (Å²) in [6, 6.07) is 0. The average molecular weight is 268 g/mol. The van der Waals surface area contributed by atoms with Crippen LogP contribution in [0, 0.1) is 5.92 Å². The molecular weight excluding hydrogens is 248 g/mol. The summed E-state index contributed by atoms with van der Waals surface area (Å²) in [7, 11) is 0. The highest BCUT2D eigenvalue weighted by atomic mass is 16.6. The van der Waals surface area contributed by atoms with Crippen LogP contribution in [0.25, 0.3) is 0 Å². The standard InChI is InChI=1S/C14H20O5/c1-9(2)8-12(11(5)15)14(17)19-7-6-18-13(16)10(3)4/h8-9H,3,6-7H2,1-2,4-5H3/b12-8+. The second kappa shape index (κ2) is 8.24. The van der Waals surface area contributed by atoms with Crippen LogP contribution in [0.1, 0.15) is 27.7 Å². The molecule has 0 aliphatic rings. The molecule has 0 atom stereocenters. The number of ether oxygens (including phenoxy) is 2. The van der Waals surface area contributed by atoms with E-state index in [0.29, 0.717) is 0 Å². The second-order valence-corrected chi connectivity index (χ2v) is 4.43. The molecule has 0 aromatic rings. The number of hydrogen-bond donors (Lipinski definition) is 0. The topological polar surface area (TPSA) is 69.7 Å². The largest absolute Gasteiger partial charge is 0.459 e. The van der Waals surface area contributed by atoms with Crippen LogP contribution < -0.4 is 0 Å². The molecule has 0 rings (SSSR count). The minimum atomic E-state index is -0.701. The van der Waals surface area contributed by atoms with Crippen LogP contribution in [0.15, 0.2) is 23.8 Å². The number of carbonyl (C=O) groups excluding carboxylic acids is 3. The van der Waals surface area contributed by atoms with Crippen molar-refractivity contribution < 1.29 is 23.9 Å². The van der Waals surface area contributed by atoms with Crippen LogP contribution >= 0.6 is 0 Å². The van der Waals surface area contributed by atoms with Gasteiger partial charge in [0.25, 0.3) is 0 Å². The SMILES string of the molecule is C=C(C)C(=O)OCCOC(=O)/C(=C/C(C)C)C(C)=O. The van der Waals surface area contributed by atoms with Crippen LogP contribution in [0.4, 0.5) is 0 Å². The molecule has 0 radical (unpaired) electrons. The number of carbonyl (C=O) groups is 3. The summed E-state index contributed by atoms with van der Waals surface area (Å²) >= 11 is 0. The summed E-state index contributed by atoms with van der Waals surface area (Å²) in [4.78, 5) is 34.0. The first-order valence-electron chi connectivity index (χ1n) is 5.98. The third kappa shape index (κ3) is 7.18. The predicted molar refractivity (Wildman–Crippen MR) is 70.3 cm³/mol. The number of ketones is 1. The molecule has 106 valence electrons. The summed E-state index contributed by atoms with van der Waals surface area (Å²) in [5.41, 5.74) is 0.289. The van der Waals surface area contributed by atoms with Crippen molar-refractivity contribution in [3.63, 3.8) is 0 Å². The first kappa shape index (κ1) is 17.1. The van der Waals surface area contributed by atoms with Crippen LogP contribution in [0.2, 0.25) is 0 Å². The van der Waals surface area contributed by atoms with Crippen molar-refractivity contribution in [3.05, 3.63) is 23.8 Å². The Morgan fingerprint density at radius 1 is 1.05 bits per heavy atom. The Morgan fingerprint density at radius 2 is 1.53 bits per heavy atom. The Bertz CT molecular complexity index is 404. The van der Waals surface area contributed by atoms with E-state index in [1.807, 2.05) is 13.8 Å². The lowest BCUT2D eigenvalue weighted by Crippen LogP contribution is -2.18. The lowest BCUT2D eigenvalue weighted by Gasteiger charge is -2.08. The maximum Gasteiger partial charge on any atom is 0.341 e. The summed E-state index contributed by atoms with van der Waals surface area (Å²) in [5.74, 6) is -1.53. The molecule has 0 bridgehead atoms. The molecule has 5 heteroatoms. The highest BCUT2D eigenvalue weighted by Crippen LogP contribution is 2.06. The first-order valence-corrected chi connectivity index (χ1v) is 5.98. The monoisotopic (exact) mass is 268 g/mol. The molecule has 0 heterocycles. The fraction of sp³-hybridized carbons (Fsp3) is 0.500. The third-order valence-electron chi connectivity index (χ3n) is 2.00. The summed E-state index contributed by atoms with van der Waals surface area (Å²) in [6.07, 6.45) is 1.55. The van der Waals surface area contributed by atoms with Crippen molar-refractivity contribution in [2.45, 2.75) is 27.7 Å². The zero-order chi connectivity index (χ0) is 15.0. The van der Waals surface area contributed by atoms with E-state index in [1.165, 1.54) is 13.8 Å². The fourth-order valence-corrected chi connectivity index (χ4v) is 1.13. The van der Waals surface area contributed by atoms with E-state index >= 15 is 0 Å². The van der Waals surface area contributed by atoms with E-state index in [9.17, 15) is 14.4 Å². The van der Waals surface area contributed by atoms with Gasteiger partial charge in [0.2, 0.25) is 0 Å². The van der Waals surface area contributed by atoms with Crippen LogP contribution in [0.5, 0.6) is 0 Å². The summed E-state index contributed by atoms with van der Waals surface area (Å²) in [6.45, 7) is 9.78. The van der Waals surface area contributed by atoms with Gasteiger partial charge < -0.3 is 9.47 Å². The highest BCUT2D eigenvalue weighted by molar-refractivity contribution is 6.16. The minimum Gasteiger partial charge on any atom is -0.459 e. The van der Waals surface area contributed by atoms with Gasteiger partial charge in [-0.25, -0.2) is 9.59 Å². The van der Waals surface area contributed by atoms with E-state index in [1.54, 1.807) is 6.08 Å². The van der Waals surface area contributed by atoms with Crippen molar-refractivity contribution in [1.29, 1.82) is 0 Å². The van der Waals surface area contributed by atoms with Crippen molar-refractivity contribution in [1.82, 2.24) is 0 Å². The smallest absolute Gasteiger partial charge is 0.341 e. The van der Waals surface area contributed by atoms with Crippen molar-refractivity contribution in [2.75, 3.05) is 13.2 Å². The van der Waals surface area contributed by atoms with Gasteiger partial charge in [-0.1, -0.05) is 26.5 Å². The van der Waals surface area contributed by atoms with Crippen LogP contribution in [-0.2, 0) is 23.9 Å². The van der Waals surface area contributed by atoms with Crippen molar-refractivity contribution in [3.8, 4) is 0 Å². The van der Waals surface area contributed by atoms with Gasteiger partial charge in [0.15, 0.2) is 5.78 Å². The predicted octanol–water partition coefficient (Wildman–Crippen LogP) is 1.82. The van der Waals surface area contributed by atoms with Crippen molar-refractivity contribution >= 4 is 17.7 Å². The van der Waals surface area contributed by atoms with Crippen LogP contribution in [0.3, 0.4) is 0 Å². The minimum absolute atomic E-state index is 0.0150.